The van der Waals surface area contributed by atoms with Gasteiger partial charge in [-0.05, 0) is 20.3 Å². The topological polar surface area (TPSA) is 44.8 Å². The van der Waals surface area contributed by atoms with Crippen LogP contribution in [0.1, 0.15) is 59.3 Å². The van der Waals surface area contributed by atoms with Gasteiger partial charge in [0.25, 0.3) is 0 Å². The fourth-order valence-corrected chi connectivity index (χ4v) is 1.98. The number of unbranched alkanes of at least 4 members (excludes halogenated alkanes) is 4. The lowest BCUT2D eigenvalue weighted by Gasteiger charge is -2.16. The van der Waals surface area contributed by atoms with Crippen molar-refractivity contribution < 1.29 is 19.0 Å². The number of esters is 1. The molecule has 0 aromatic rings. The van der Waals surface area contributed by atoms with Crippen LogP contribution in [-0.2, 0) is 19.0 Å². The van der Waals surface area contributed by atoms with E-state index in [1.807, 2.05) is 13.8 Å². The van der Waals surface area contributed by atoms with Crippen molar-refractivity contribution in [2.24, 2.45) is 0 Å². The lowest BCUT2D eigenvalue weighted by atomic mass is 10.1. The summed E-state index contributed by atoms with van der Waals surface area (Å²) >= 11 is 0. The predicted molar refractivity (Wildman–Crippen MR) is 69.2 cm³/mol. The van der Waals surface area contributed by atoms with Crippen molar-refractivity contribution in [3.05, 3.63) is 0 Å². The maximum atomic E-state index is 11.5. The molecule has 1 rings (SSSR count). The third-order valence-corrected chi connectivity index (χ3v) is 2.98. The van der Waals surface area contributed by atoms with Crippen LogP contribution in [0.3, 0.4) is 0 Å². The van der Waals surface area contributed by atoms with Gasteiger partial charge >= 0.3 is 5.97 Å². The lowest BCUT2D eigenvalue weighted by Crippen LogP contribution is -2.25. The van der Waals surface area contributed by atoms with Crippen LogP contribution in [0.25, 0.3) is 0 Å². The minimum Gasteiger partial charge on any atom is -0.463 e. The quantitative estimate of drug-likeness (QED) is 0.496. The Balaban J connectivity index is 2.00. The van der Waals surface area contributed by atoms with Gasteiger partial charge in [0.15, 0.2) is 5.79 Å². The second-order valence-corrected chi connectivity index (χ2v) is 5.30. The third kappa shape index (κ3) is 6.36. The zero-order valence-electron chi connectivity index (χ0n) is 11.9. The summed E-state index contributed by atoms with van der Waals surface area (Å²) in [7, 11) is 0. The second kappa shape index (κ2) is 7.74. The van der Waals surface area contributed by atoms with Crippen LogP contribution in [0.2, 0.25) is 0 Å². The Morgan fingerprint density at radius 1 is 1.28 bits per heavy atom. The van der Waals surface area contributed by atoms with Gasteiger partial charge < -0.3 is 14.2 Å². The zero-order valence-corrected chi connectivity index (χ0v) is 11.9. The fraction of sp³-hybridized carbons (Fsp3) is 0.929. The van der Waals surface area contributed by atoms with Crippen molar-refractivity contribution in [1.29, 1.82) is 0 Å². The van der Waals surface area contributed by atoms with E-state index >= 15 is 0 Å². The fourth-order valence-electron chi connectivity index (χ4n) is 1.98. The molecule has 0 saturated carbocycles. The molecule has 1 heterocycles. The van der Waals surface area contributed by atoms with E-state index in [0.717, 1.165) is 12.8 Å². The summed E-state index contributed by atoms with van der Waals surface area (Å²) in [6.07, 6.45) is 6.10. The summed E-state index contributed by atoms with van der Waals surface area (Å²) in [5.74, 6) is -0.670. The molecule has 1 aliphatic heterocycles. The van der Waals surface area contributed by atoms with Crippen molar-refractivity contribution in [2.75, 3.05) is 13.2 Å². The Kier molecular flexibility index (Phi) is 6.65. The van der Waals surface area contributed by atoms with Gasteiger partial charge in [-0.1, -0.05) is 32.6 Å². The van der Waals surface area contributed by atoms with Crippen molar-refractivity contribution in [2.45, 2.75) is 71.2 Å². The maximum Gasteiger partial charge on any atom is 0.305 e. The molecular formula is C14H26O4. The van der Waals surface area contributed by atoms with E-state index < -0.39 is 5.79 Å². The van der Waals surface area contributed by atoms with Crippen LogP contribution in [0.4, 0.5) is 0 Å². The third-order valence-electron chi connectivity index (χ3n) is 2.98. The van der Waals surface area contributed by atoms with Crippen LogP contribution >= 0.6 is 0 Å². The lowest BCUT2D eigenvalue weighted by molar-refractivity contribution is -0.158. The molecule has 1 saturated heterocycles. The second-order valence-electron chi connectivity index (χ2n) is 5.30. The molecule has 0 radical (unpaired) electrons. The van der Waals surface area contributed by atoms with E-state index in [9.17, 15) is 4.79 Å². The molecule has 1 fully saturated rings. The summed E-state index contributed by atoms with van der Waals surface area (Å²) in [5, 5.41) is 0. The molecule has 0 N–H and O–H groups in total. The first-order valence-corrected chi connectivity index (χ1v) is 7.01. The normalized spacial score (nSPS) is 22.1. The van der Waals surface area contributed by atoms with Crippen LogP contribution < -0.4 is 0 Å². The first-order valence-electron chi connectivity index (χ1n) is 7.01. The summed E-state index contributed by atoms with van der Waals surface area (Å²) in [6.45, 7) is 6.71. The number of hydrogen-bond acceptors (Lipinski definition) is 4. The van der Waals surface area contributed by atoms with Crippen LogP contribution in [0.15, 0.2) is 0 Å². The number of hydrogen-bond donors (Lipinski definition) is 0. The van der Waals surface area contributed by atoms with Gasteiger partial charge in [0, 0.05) is 6.42 Å². The van der Waals surface area contributed by atoms with E-state index in [4.69, 9.17) is 14.2 Å². The molecule has 0 aromatic carbocycles. The highest BCUT2D eigenvalue weighted by Gasteiger charge is 2.33. The predicted octanol–water partition coefficient (Wildman–Crippen LogP) is 3.04. The van der Waals surface area contributed by atoms with Gasteiger partial charge in [0.1, 0.15) is 12.7 Å². The van der Waals surface area contributed by atoms with Gasteiger partial charge in [0.05, 0.1) is 6.61 Å². The van der Waals surface area contributed by atoms with Gasteiger partial charge in [-0.15, -0.1) is 0 Å². The molecule has 18 heavy (non-hydrogen) atoms. The Hall–Kier alpha value is -0.610. The molecule has 0 aliphatic carbocycles. The molecular weight excluding hydrogens is 232 g/mol. The molecule has 0 bridgehead atoms. The molecule has 1 atom stereocenters. The first kappa shape index (κ1) is 15.4. The van der Waals surface area contributed by atoms with E-state index in [0.29, 0.717) is 19.6 Å². The van der Waals surface area contributed by atoms with Gasteiger partial charge in [-0.3, -0.25) is 4.79 Å². The average molecular weight is 258 g/mol. The van der Waals surface area contributed by atoms with Gasteiger partial charge in [-0.25, -0.2) is 0 Å². The Morgan fingerprint density at radius 3 is 2.61 bits per heavy atom. The highest BCUT2D eigenvalue weighted by molar-refractivity contribution is 5.69. The number of rotatable bonds is 8. The van der Waals surface area contributed by atoms with Crippen molar-refractivity contribution in [1.82, 2.24) is 0 Å². The summed E-state index contributed by atoms with van der Waals surface area (Å²) in [4.78, 5) is 11.5. The molecule has 0 aromatic heterocycles. The monoisotopic (exact) mass is 258 g/mol. The molecule has 4 nitrogen and oxygen atoms in total. The van der Waals surface area contributed by atoms with Crippen molar-refractivity contribution in [3.8, 4) is 0 Å². The largest absolute Gasteiger partial charge is 0.463 e. The Labute approximate surface area is 110 Å². The highest BCUT2D eigenvalue weighted by atomic mass is 16.7. The van der Waals surface area contributed by atoms with Gasteiger partial charge in [-0.2, -0.15) is 0 Å². The highest BCUT2D eigenvalue weighted by Crippen LogP contribution is 2.22. The SMILES string of the molecule is CCCCCCCC(=O)OC[C@H]1COC(C)(C)O1. The first-order chi connectivity index (χ1) is 8.53. The van der Waals surface area contributed by atoms with Crippen molar-refractivity contribution in [3.63, 3.8) is 0 Å². The molecule has 4 heteroatoms. The Morgan fingerprint density at radius 2 is 2.00 bits per heavy atom. The molecule has 0 spiro atoms. The molecule has 0 amide bonds. The van der Waals surface area contributed by atoms with E-state index in [1.54, 1.807) is 0 Å². The van der Waals surface area contributed by atoms with Gasteiger partial charge in [0.2, 0.25) is 0 Å². The Bertz CT molecular complexity index is 250. The van der Waals surface area contributed by atoms with Crippen molar-refractivity contribution >= 4 is 5.97 Å². The van der Waals surface area contributed by atoms with E-state index in [1.165, 1.54) is 19.3 Å². The number of carbonyl (C=O) groups excluding carboxylic acids is 1. The zero-order chi connectivity index (χ0) is 13.4. The molecule has 0 unspecified atom stereocenters. The van der Waals surface area contributed by atoms with E-state index in [-0.39, 0.29) is 12.1 Å². The maximum absolute atomic E-state index is 11.5. The minimum absolute atomic E-state index is 0.121. The van der Waals surface area contributed by atoms with E-state index in [2.05, 4.69) is 6.92 Å². The number of ether oxygens (including phenoxy) is 3. The molecule has 1 aliphatic rings. The standard InChI is InChI=1S/C14H26O4/c1-4-5-6-7-8-9-13(15)16-10-12-11-17-14(2,3)18-12/h12H,4-11H2,1-3H3/t12-/m0/s1. The van der Waals surface area contributed by atoms with Crippen LogP contribution in [0, 0.1) is 0 Å². The van der Waals surface area contributed by atoms with Crippen LogP contribution in [0.5, 0.6) is 0 Å². The number of carbonyl (C=O) groups is 1. The average Bonchev–Trinajstić information content (AvgIpc) is 2.66. The summed E-state index contributed by atoms with van der Waals surface area (Å²) in [5.41, 5.74) is 0. The summed E-state index contributed by atoms with van der Waals surface area (Å²) < 4.78 is 16.1. The van der Waals surface area contributed by atoms with Crippen LogP contribution in [-0.4, -0.2) is 31.1 Å². The molecule has 106 valence electrons. The summed E-state index contributed by atoms with van der Waals surface area (Å²) in [6, 6.07) is 0. The smallest absolute Gasteiger partial charge is 0.305 e. The minimum atomic E-state index is -0.544.